The van der Waals surface area contributed by atoms with Gasteiger partial charge in [0.15, 0.2) is 5.75 Å². The molecule has 0 unspecified atom stereocenters. The second-order valence-corrected chi connectivity index (χ2v) is 6.26. The molecular weight excluding hydrogens is 372 g/mol. The standard InChI is InChI=1S/C20H18N6O3/c1-26-12-13(9-24-26)25-20(27)8-19-22-10-15(11-23-19)29-18-5-6-21-17-7-14(28-2)3-4-16(17)18/h3-7,9-12H,8H2,1-2H3,(H,25,27). The first-order valence-electron chi connectivity index (χ1n) is 8.81. The highest BCUT2D eigenvalue weighted by atomic mass is 16.5. The van der Waals surface area contributed by atoms with E-state index in [1.54, 1.807) is 43.5 Å². The zero-order valence-corrected chi connectivity index (χ0v) is 15.9. The number of amides is 1. The van der Waals surface area contributed by atoms with Gasteiger partial charge in [-0.1, -0.05) is 0 Å². The van der Waals surface area contributed by atoms with Crippen molar-refractivity contribution in [1.82, 2.24) is 24.7 Å². The minimum absolute atomic E-state index is 0.0488. The van der Waals surface area contributed by atoms with Gasteiger partial charge in [0, 0.05) is 30.9 Å². The first-order valence-corrected chi connectivity index (χ1v) is 8.81. The Bertz CT molecular complexity index is 1160. The molecule has 29 heavy (non-hydrogen) atoms. The second-order valence-electron chi connectivity index (χ2n) is 6.26. The van der Waals surface area contributed by atoms with Crippen LogP contribution in [-0.2, 0) is 18.3 Å². The van der Waals surface area contributed by atoms with Crippen LogP contribution in [0.15, 0.2) is 55.2 Å². The quantitative estimate of drug-likeness (QED) is 0.540. The zero-order chi connectivity index (χ0) is 20.2. The third-order valence-electron chi connectivity index (χ3n) is 4.13. The van der Waals surface area contributed by atoms with Gasteiger partial charge < -0.3 is 14.8 Å². The van der Waals surface area contributed by atoms with E-state index in [0.717, 1.165) is 16.7 Å². The Hall–Kier alpha value is -4.01. The number of fused-ring (bicyclic) bond motifs is 1. The molecule has 1 N–H and O–H groups in total. The zero-order valence-electron chi connectivity index (χ0n) is 15.9. The third-order valence-corrected chi connectivity index (χ3v) is 4.13. The lowest BCUT2D eigenvalue weighted by molar-refractivity contribution is -0.115. The van der Waals surface area contributed by atoms with Crippen LogP contribution in [0.25, 0.3) is 10.9 Å². The fourth-order valence-electron chi connectivity index (χ4n) is 2.77. The molecule has 9 heteroatoms. The predicted molar refractivity (Wildman–Crippen MR) is 106 cm³/mol. The molecule has 0 aliphatic rings. The van der Waals surface area contributed by atoms with E-state index in [1.807, 2.05) is 18.2 Å². The van der Waals surface area contributed by atoms with E-state index < -0.39 is 0 Å². The summed E-state index contributed by atoms with van der Waals surface area (Å²) >= 11 is 0. The van der Waals surface area contributed by atoms with Crippen LogP contribution in [0, 0.1) is 0 Å². The van der Waals surface area contributed by atoms with Crippen LogP contribution in [0.5, 0.6) is 17.2 Å². The van der Waals surface area contributed by atoms with E-state index in [1.165, 1.54) is 12.4 Å². The summed E-state index contributed by atoms with van der Waals surface area (Å²) < 4.78 is 12.7. The lowest BCUT2D eigenvalue weighted by atomic mass is 10.2. The molecule has 3 heterocycles. The molecule has 146 valence electrons. The van der Waals surface area contributed by atoms with Gasteiger partial charge >= 0.3 is 0 Å². The largest absolute Gasteiger partial charge is 0.497 e. The summed E-state index contributed by atoms with van der Waals surface area (Å²) in [6.07, 6.45) is 8.07. The summed E-state index contributed by atoms with van der Waals surface area (Å²) in [6, 6.07) is 7.33. The van der Waals surface area contributed by atoms with E-state index in [9.17, 15) is 4.79 Å². The number of methoxy groups -OCH3 is 1. The number of carbonyl (C=O) groups is 1. The number of nitrogens with zero attached hydrogens (tertiary/aromatic N) is 5. The smallest absolute Gasteiger partial charge is 0.232 e. The molecule has 0 atom stereocenters. The molecule has 0 radical (unpaired) electrons. The van der Waals surface area contributed by atoms with E-state index in [0.29, 0.717) is 23.0 Å². The number of hydrogen-bond acceptors (Lipinski definition) is 7. The van der Waals surface area contributed by atoms with Crippen molar-refractivity contribution in [2.45, 2.75) is 6.42 Å². The summed E-state index contributed by atoms with van der Waals surface area (Å²) in [6.45, 7) is 0. The first kappa shape index (κ1) is 18.4. The average Bonchev–Trinajstić information content (AvgIpc) is 3.13. The van der Waals surface area contributed by atoms with Gasteiger partial charge in [-0.25, -0.2) is 9.97 Å². The van der Waals surface area contributed by atoms with Gasteiger partial charge in [-0.15, -0.1) is 0 Å². The molecule has 0 saturated carbocycles. The molecule has 0 saturated heterocycles. The SMILES string of the molecule is COc1ccc2c(Oc3cnc(CC(=O)Nc4cnn(C)c4)nc3)ccnc2c1. The van der Waals surface area contributed by atoms with Crippen LogP contribution in [0.1, 0.15) is 5.82 Å². The molecule has 4 rings (SSSR count). The molecule has 0 fully saturated rings. The Balaban J connectivity index is 1.44. The maximum Gasteiger partial charge on any atom is 0.232 e. The van der Waals surface area contributed by atoms with Crippen molar-refractivity contribution < 1.29 is 14.3 Å². The number of ether oxygens (including phenoxy) is 2. The fourth-order valence-corrected chi connectivity index (χ4v) is 2.77. The lowest BCUT2D eigenvalue weighted by Crippen LogP contribution is -2.15. The van der Waals surface area contributed by atoms with Crippen LogP contribution < -0.4 is 14.8 Å². The van der Waals surface area contributed by atoms with Crippen molar-refractivity contribution in [2.75, 3.05) is 12.4 Å². The summed E-state index contributed by atoms with van der Waals surface area (Å²) in [5.41, 5.74) is 1.38. The molecule has 9 nitrogen and oxygen atoms in total. The maximum absolute atomic E-state index is 12.1. The Morgan fingerprint density at radius 3 is 2.66 bits per heavy atom. The number of benzene rings is 1. The molecule has 0 spiro atoms. The average molecular weight is 390 g/mol. The Morgan fingerprint density at radius 1 is 1.10 bits per heavy atom. The summed E-state index contributed by atoms with van der Waals surface area (Å²) in [7, 11) is 3.39. The highest BCUT2D eigenvalue weighted by molar-refractivity contribution is 5.91. The van der Waals surface area contributed by atoms with Gasteiger partial charge in [0.2, 0.25) is 5.91 Å². The van der Waals surface area contributed by atoms with Gasteiger partial charge in [-0.3, -0.25) is 14.5 Å². The molecule has 0 aliphatic heterocycles. The fraction of sp³-hybridized carbons (Fsp3) is 0.150. The molecule has 0 bridgehead atoms. The first-order chi connectivity index (χ1) is 14.1. The molecular formula is C20H18N6O3. The number of nitrogens with one attached hydrogen (secondary N) is 1. The molecule has 1 aromatic carbocycles. The van der Waals surface area contributed by atoms with Gasteiger partial charge in [0.1, 0.15) is 17.3 Å². The maximum atomic E-state index is 12.1. The van der Waals surface area contributed by atoms with Crippen LogP contribution in [0.2, 0.25) is 0 Å². The normalized spacial score (nSPS) is 10.7. The molecule has 4 aromatic rings. The number of carbonyl (C=O) groups excluding carboxylic acids is 1. The van der Waals surface area contributed by atoms with Crippen LogP contribution in [-0.4, -0.2) is 37.7 Å². The predicted octanol–water partition coefficient (Wildman–Crippen LogP) is 2.74. The van der Waals surface area contributed by atoms with Gasteiger partial charge in [-0.05, 0) is 18.2 Å². The summed E-state index contributed by atoms with van der Waals surface area (Å²) in [5, 5.41) is 7.59. The Morgan fingerprint density at radius 2 is 1.93 bits per heavy atom. The monoisotopic (exact) mass is 390 g/mol. The van der Waals surface area contributed by atoms with Crippen molar-refractivity contribution in [3.05, 3.63) is 61.1 Å². The van der Waals surface area contributed by atoms with Gasteiger partial charge in [0.05, 0.1) is 43.3 Å². The van der Waals surface area contributed by atoms with Crippen molar-refractivity contribution in [3.63, 3.8) is 0 Å². The number of rotatable bonds is 6. The van der Waals surface area contributed by atoms with Crippen LogP contribution in [0.3, 0.4) is 0 Å². The number of pyridine rings is 1. The number of hydrogen-bond donors (Lipinski definition) is 1. The summed E-state index contributed by atoms with van der Waals surface area (Å²) in [4.78, 5) is 24.9. The molecule has 3 aromatic heterocycles. The molecule has 0 aliphatic carbocycles. The Kier molecular flexibility index (Phi) is 5.02. The minimum atomic E-state index is -0.222. The van der Waals surface area contributed by atoms with E-state index in [4.69, 9.17) is 9.47 Å². The van der Waals surface area contributed by atoms with Crippen molar-refractivity contribution in [3.8, 4) is 17.2 Å². The van der Waals surface area contributed by atoms with E-state index in [-0.39, 0.29) is 12.3 Å². The van der Waals surface area contributed by atoms with E-state index >= 15 is 0 Å². The van der Waals surface area contributed by atoms with Gasteiger partial charge in [0.25, 0.3) is 0 Å². The topological polar surface area (TPSA) is 104 Å². The van der Waals surface area contributed by atoms with Crippen LogP contribution in [0.4, 0.5) is 5.69 Å². The van der Waals surface area contributed by atoms with Crippen molar-refractivity contribution in [2.24, 2.45) is 7.05 Å². The number of aryl methyl sites for hydroxylation is 1. The van der Waals surface area contributed by atoms with Crippen molar-refractivity contribution in [1.29, 1.82) is 0 Å². The summed E-state index contributed by atoms with van der Waals surface area (Å²) in [5.74, 6) is 1.98. The highest BCUT2D eigenvalue weighted by Crippen LogP contribution is 2.30. The second kappa shape index (κ2) is 7.93. The number of anilines is 1. The highest BCUT2D eigenvalue weighted by Gasteiger charge is 2.10. The third kappa shape index (κ3) is 4.29. The number of aromatic nitrogens is 5. The lowest BCUT2D eigenvalue weighted by Gasteiger charge is -2.09. The Labute approximate surface area is 166 Å². The van der Waals surface area contributed by atoms with E-state index in [2.05, 4.69) is 25.4 Å². The molecule has 1 amide bonds. The minimum Gasteiger partial charge on any atom is -0.497 e. The van der Waals surface area contributed by atoms with Crippen LogP contribution >= 0.6 is 0 Å². The van der Waals surface area contributed by atoms with Gasteiger partial charge in [-0.2, -0.15) is 5.10 Å². The van der Waals surface area contributed by atoms with Crippen molar-refractivity contribution >= 4 is 22.5 Å².